The van der Waals surface area contributed by atoms with Gasteiger partial charge in [-0.25, -0.2) is 0 Å². The number of hydrogen-bond acceptors (Lipinski definition) is 3. The second kappa shape index (κ2) is 7.54. The maximum Gasteiger partial charge on any atom is 0.0558 e. The van der Waals surface area contributed by atoms with Crippen molar-refractivity contribution in [3.63, 3.8) is 0 Å². The molecule has 0 radical (unpaired) electrons. The highest BCUT2D eigenvalue weighted by Crippen LogP contribution is 2.05. The van der Waals surface area contributed by atoms with E-state index in [-0.39, 0.29) is 6.61 Å². The average molecular weight is 241 g/mol. The molecular formula is C12H19NO2S. The molecule has 1 atom stereocenters. The van der Waals surface area contributed by atoms with E-state index in [1.807, 2.05) is 37.3 Å². The molecule has 0 aromatic heterocycles. The van der Waals surface area contributed by atoms with Crippen molar-refractivity contribution in [3.05, 3.63) is 30.3 Å². The van der Waals surface area contributed by atoms with Crippen LogP contribution in [0.25, 0.3) is 0 Å². The van der Waals surface area contributed by atoms with Gasteiger partial charge in [0.15, 0.2) is 0 Å². The smallest absolute Gasteiger partial charge is 0.0558 e. The molecular weight excluding hydrogens is 222 g/mol. The molecule has 0 aliphatic rings. The molecule has 0 fully saturated rings. The molecule has 0 heterocycles. The topological polar surface area (TPSA) is 40.5 Å². The third-order valence-electron chi connectivity index (χ3n) is 2.46. The van der Waals surface area contributed by atoms with Crippen LogP contribution in [0.15, 0.2) is 35.2 Å². The van der Waals surface area contributed by atoms with Crippen LogP contribution in [0.4, 0.5) is 0 Å². The molecule has 0 saturated carbocycles. The summed E-state index contributed by atoms with van der Waals surface area (Å²) in [5.41, 5.74) is 0. The Bertz CT molecular complexity index is 316. The molecule has 1 N–H and O–H groups in total. The summed E-state index contributed by atoms with van der Waals surface area (Å²) in [7, 11) is -0.932. The standard InChI is InChI=1S/C12H19NO2S/c1-2-13(8-10-14)9-11-16(15)12-6-4-3-5-7-12/h3-7,14H,2,8-11H2,1H3. The van der Waals surface area contributed by atoms with Crippen molar-refractivity contribution in [2.75, 3.05) is 32.0 Å². The van der Waals surface area contributed by atoms with E-state index in [2.05, 4.69) is 4.90 Å². The Labute approximate surface area is 99.5 Å². The third kappa shape index (κ3) is 4.43. The van der Waals surface area contributed by atoms with Crippen molar-refractivity contribution in [3.8, 4) is 0 Å². The van der Waals surface area contributed by atoms with E-state index in [9.17, 15) is 4.21 Å². The molecule has 4 heteroatoms. The van der Waals surface area contributed by atoms with Gasteiger partial charge in [0.25, 0.3) is 0 Å². The van der Waals surface area contributed by atoms with E-state index in [1.165, 1.54) is 0 Å². The Morgan fingerprint density at radius 2 is 1.94 bits per heavy atom. The Morgan fingerprint density at radius 1 is 1.25 bits per heavy atom. The second-order valence-electron chi connectivity index (χ2n) is 3.52. The highest BCUT2D eigenvalue weighted by molar-refractivity contribution is 7.85. The summed E-state index contributed by atoms with van der Waals surface area (Å²) in [4.78, 5) is 2.98. The lowest BCUT2D eigenvalue weighted by molar-refractivity contribution is 0.209. The van der Waals surface area contributed by atoms with Crippen LogP contribution in [0.3, 0.4) is 0 Å². The molecule has 1 rings (SSSR count). The quantitative estimate of drug-likeness (QED) is 0.777. The molecule has 3 nitrogen and oxygen atoms in total. The van der Waals surface area contributed by atoms with Crippen LogP contribution < -0.4 is 0 Å². The lowest BCUT2D eigenvalue weighted by Gasteiger charge is -2.18. The number of nitrogens with zero attached hydrogens (tertiary/aromatic N) is 1. The number of rotatable bonds is 7. The lowest BCUT2D eigenvalue weighted by atomic mass is 10.4. The monoisotopic (exact) mass is 241 g/mol. The lowest BCUT2D eigenvalue weighted by Crippen LogP contribution is -2.30. The highest BCUT2D eigenvalue weighted by atomic mass is 32.2. The van der Waals surface area contributed by atoms with Crippen molar-refractivity contribution in [1.82, 2.24) is 4.90 Å². The largest absolute Gasteiger partial charge is 0.395 e. The van der Waals surface area contributed by atoms with Crippen LogP contribution in [0.1, 0.15) is 6.92 Å². The molecule has 0 aliphatic heterocycles. The van der Waals surface area contributed by atoms with Gasteiger partial charge in [-0.3, -0.25) is 4.21 Å². The molecule has 0 amide bonds. The molecule has 1 unspecified atom stereocenters. The van der Waals surface area contributed by atoms with E-state index in [1.54, 1.807) is 0 Å². The normalized spacial score (nSPS) is 12.9. The first-order chi connectivity index (χ1) is 7.77. The second-order valence-corrected chi connectivity index (χ2v) is 5.09. The van der Waals surface area contributed by atoms with Gasteiger partial charge in [0.1, 0.15) is 0 Å². The fraction of sp³-hybridized carbons (Fsp3) is 0.500. The van der Waals surface area contributed by atoms with Gasteiger partial charge in [-0.1, -0.05) is 25.1 Å². The number of aliphatic hydroxyl groups excluding tert-OH is 1. The average Bonchev–Trinajstić information content (AvgIpc) is 2.35. The van der Waals surface area contributed by atoms with Gasteiger partial charge in [0.05, 0.1) is 17.4 Å². The van der Waals surface area contributed by atoms with Gasteiger partial charge >= 0.3 is 0 Å². The fourth-order valence-electron chi connectivity index (χ4n) is 1.47. The summed E-state index contributed by atoms with van der Waals surface area (Å²) < 4.78 is 11.9. The molecule has 0 aliphatic carbocycles. The van der Waals surface area contributed by atoms with Crippen molar-refractivity contribution in [2.45, 2.75) is 11.8 Å². The summed E-state index contributed by atoms with van der Waals surface area (Å²) in [6.07, 6.45) is 0. The first-order valence-electron chi connectivity index (χ1n) is 5.54. The SMILES string of the molecule is CCN(CCO)CCS(=O)c1ccccc1. The van der Waals surface area contributed by atoms with Gasteiger partial charge in [-0.2, -0.15) is 0 Å². The zero-order valence-corrected chi connectivity index (χ0v) is 10.4. The van der Waals surface area contributed by atoms with Gasteiger partial charge < -0.3 is 10.0 Å². The fourth-order valence-corrected chi connectivity index (χ4v) is 2.59. The minimum atomic E-state index is -0.932. The summed E-state index contributed by atoms with van der Waals surface area (Å²) in [5.74, 6) is 0.623. The highest BCUT2D eigenvalue weighted by Gasteiger charge is 2.06. The minimum absolute atomic E-state index is 0.159. The van der Waals surface area contributed by atoms with E-state index in [4.69, 9.17) is 5.11 Å². The first kappa shape index (κ1) is 13.4. The van der Waals surface area contributed by atoms with Crippen LogP contribution in [-0.4, -0.2) is 46.2 Å². The molecule has 0 saturated heterocycles. The molecule has 0 spiro atoms. The van der Waals surface area contributed by atoms with Crippen LogP contribution in [0, 0.1) is 0 Å². The summed E-state index contributed by atoms with van der Waals surface area (Å²) >= 11 is 0. The van der Waals surface area contributed by atoms with E-state index in [0.29, 0.717) is 12.3 Å². The van der Waals surface area contributed by atoms with Crippen molar-refractivity contribution in [2.24, 2.45) is 0 Å². The van der Waals surface area contributed by atoms with E-state index < -0.39 is 10.8 Å². The third-order valence-corrected chi connectivity index (χ3v) is 3.81. The molecule has 1 aromatic carbocycles. The molecule has 16 heavy (non-hydrogen) atoms. The molecule has 1 aromatic rings. The number of hydrogen-bond donors (Lipinski definition) is 1. The van der Waals surface area contributed by atoms with Crippen LogP contribution in [-0.2, 0) is 10.8 Å². The number of aliphatic hydroxyl groups is 1. The minimum Gasteiger partial charge on any atom is -0.395 e. The molecule has 0 bridgehead atoms. The number of benzene rings is 1. The van der Waals surface area contributed by atoms with Crippen LogP contribution in [0.2, 0.25) is 0 Å². The number of likely N-dealkylation sites (N-methyl/N-ethyl adjacent to an activating group) is 1. The van der Waals surface area contributed by atoms with E-state index in [0.717, 1.165) is 18.0 Å². The van der Waals surface area contributed by atoms with Crippen molar-refractivity contribution < 1.29 is 9.32 Å². The summed E-state index contributed by atoms with van der Waals surface area (Å²) in [6.45, 7) is 4.50. The first-order valence-corrected chi connectivity index (χ1v) is 6.86. The Morgan fingerprint density at radius 3 is 2.50 bits per heavy atom. The zero-order chi connectivity index (χ0) is 11.8. The van der Waals surface area contributed by atoms with Gasteiger partial charge in [-0.15, -0.1) is 0 Å². The van der Waals surface area contributed by atoms with E-state index >= 15 is 0 Å². The van der Waals surface area contributed by atoms with Crippen LogP contribution >= 0.6 is 0 Å². The maximum atomic E-state index is 11.9. The predicted molar refractivity (Wildman–Crippen MR) is 66.9 cm³/mol. The maximum absolute atomic E-state index is 11.9. The zero-order valence-electron chi connectivity index (χ0n) is 9.63. The van der Waals surface area contributed by atoms with Gasteiger partial charge in [0, 0.05) is 23.7 Å². The Kier molecular flexibility index (Phi) is 6.30. The van der Waals surface area contributed by atoms with Gasteiger partial charge in [-0.05, 0) is 18.7 Å². The summed E-state index contributed by atoms with van der Waals surface area (Å²) in [6, 6.07) is 9.50. The van der Waals surface area contributed by atoms with Gasteiger partial charge in [0.2, 0.25) is 0 Å². The molecule has 90 valence electrons. The Balaban J connectivity index is 2.40. The summed E-state index contributed by atoms with van der Waals surface area (Å²) in [5, 5.41) is 8.83. The Hall–Kier alpha value is -0.710. The predicted octanol–water partition coefficient (Wildman–Crippen LogP) is 1.11. The van der Waals surface area contributed by atoms with Crippen molar-refractivity contribution in [1.29, 1.82) is 0 Å². The van der Waals surface area contributed by atoms with Crippen molar-refractivity contribution >= 4 is 10.8 Å². The van der Waals surface area contributed by atoms with Crippen LogP contribution in [0.5, 0.6) is 0 Å².